The second-order valence-corrected chi connectivity index (χ2v) is 8.84. The summed E-state index contributed by atoms with van der Waals surface area (Å²) in [6.45, 7) is 3.39. The SMILES string of the molecule is CCCCCCCCCN1C2=CC(N(C)C)=CCC2=Cc2ccc(N(C)C)cc21. The molecule has 0 atom stereocenters. The van der Waals surface area contributed by atoms with Gasteiger partial charge in [0.15, 0.2) is 0 Å². The van der Waals surface area contributed by atoms with E-state index >= 15 is 0 Å². The Morgan fingerprint density at radius 2 is 1.59 bits per heavy atom. The van der Waals surface area contributed by atoms with Gasteiger partial charge in [0.05, 0.1) is 5.69 Å². The Morgan fingerprint density at radius 3 is 2.28 bits per heavy atom. The fourth-order valence-electron chi connectivity index (χ4n) is 4.26. The molecule has 3 nitrogen and oxygen atoms in total. The minimum Gasteiger partial charge on any atom is -0.378 e. The van der Waals surface area contributed by atoms with Crippen molar-refractivity contribution in [2.45, 2.75) is 58.3 Å². The molecule has 1 aliphatic heterocycles. The van der Waals surface area contributed by atoms with E-state index in [0.29, 0.717) is 0 Å². The molecule has 3 rings (SSSR count). The molecular weight excluding hydrogens is 354 g/mol. The lowest BCUT2D eigenvalue weighted by Gasteiger charge is -2.37. The molecule has 0 bridgehead atoms. The van der Waals surface area contributed by atoms with Crippen molar-refractivity contribution in [2.75, 3.05) is 44.5 Å². The van der Waals surface area contributed by atoms with Crippen LogP contribution in [0.2, 0.25) is 0 Å². The Hall–Kier alpha value is -2.16. The molecule has 0 amide bonds. The largest absolute Gasteiger partial charge is 0.378 e. The van der Waals surface area contributed by atoms with E-state index in [1.54, 1.807) is 0 Å². The van der Waals surface area contributed by atoms with E-state index in [0.717, 1.165) is 13.0 Å². The first-order chi connectivity index (χ1) is 14.0. The van der Waals surface area contributed by atoms with Crippen LogP contribution in [0.25, 0.3) is 6.08 Å². The van der Waals surface area contributed by atoms with Gasteiger partial charge in [0.1, 0.15) is 0 Å². The quantitative estimate of drug-likeness (QED) is 0.424. The van der Waals surface area contributed by atoms with E-state index in [1.165, 1.54) is 78.9 Å². The minimum atomic E-state index is 1.02. The lowest BCUT2D eigenvalue weighted by atomic mass is 9.92. The van der Waals surface area contributed by atoms with Gasteiger partial charge in [-0.15, -0.1) is 0 Å². The van der Waals surface area contributed by atoms with Gasteiger partial charge < -0.3 is 14.7 Å². The second-order valence-electron chi connectivity index (χ2n) is 8.84. The van der Waals surface area contributed by atoms with Crippen LogP contribution in [0.15, 0.2) is 47.3 Å². The van der Waals surface area contributed by atoms with Gasteiger partial charge in [-0.05, 0) is 48.3 Å². The fraction of sp³-hybridized carbons (Fsp3) is 0.538. The summed E-state index contributed by atoms with van der Waals surface area (Å²) in [4.78, 5) is 7.01. The zero-order valence-corrected chi connectivity index (χ0v) is 19.2. The van der Waals surface area contributed by atoms with Crippen LogP contribution in [0.1, 0.15) is 63.9 Å². The summed E-state index contributed by atoms with van der Waals surface area (Å²) >= 11 is 0. The maximum absolute atomic E-state index is 2.58. The molecule has 29 heavy (non-hydrogen) atoms. The fourth-order valence-corrected chi connectivity index (χ4v) is 4.26. The molecule has 0 saturated carbocycles. The monoisotopic (exact) mass is 393 g/mol. The molecule has 0 aromatic heterocycles. The number of benzene rings is 1. The average molecular weight is 394 g/mol. The van der Waals surface area contributed by atoms with E-state index in [2.05, 4.69) is 86.2 Å². The molecule has 0 saturated heterocycles. The van der Waals surface area contributed by atoms with Crippen molar-refractivity contribution in [1.29, 1.82) is 0 Å². The van der Waals surface area contributed by atoms with Crippen molar-refractivity contribution in [3.63, 3.8) is 0 Å². The lowest BCUT2D eigenvalue weighted by Crippen LogP contribution is -2.30. The molecule has 1 aromatic carbocycles. The molecule has 158 valence electrons. The summed E-state index contributed by atoms with van der Waals surface area (Å²) in [5.74, 6) is 0. The molecule has 1 aromatic rings. The van der Waals surface area contributed by atoms with Crippen LogP contribution in [0.4, 0.5) is 11.4 Å². The number of anilines is 2. The number of rotatable bonds is 10. The van der Waals surface area contributed by atoms with Crippen LogP contribution in [0.3, 0.4) is 0 Å². The lowest BCUT2D eigenvalue weighted by molar-refractivity contribution is 0.524. The van der Waals surface area contributed by atoms with Crippen LogP contribution >= 0.6 is 0 Å². The topological polar surface area (TPSA) is 9.72 Å². The predicted molar refractivity (Wildman–Crippen MR) is 129 cm³/mol. The third kappa shape index (κ3) is 5.26. The number of nitrogens with zero attached hydrogens (tertiary/aromatic N) is 3. The van der Waals surface area contributed by atoms with Gasteiger partial charge >= 0.3 is 0 Å². The first kappa shape index (κ1) is 21.5. The Balaban J connectivity index is 1.80. The van der Waals surface area contributed by atoms with Gasteiger partial charge in [0.2, 0.25) is 0 Å². The summed E-state index contributed by atoms with van der Waals surface area (Å²) in [5, 5.41) is 0. The number of hydrogen-bond acceptors (Lipinski definition) is 3. The van der Waals surface area contributed by atoms with Crippen LogP contribution in [-0.4, -0.2) is 39.6 Å². The van der Waals surface area contributed by atoms with Crippen molar-refractivity contribution in [3.8, 4) is 0 Å². The van der Waals surface area contributed by atoms with Gasteiger partial charge in [-0.3, -0.25) is 0 Å². The second kappa shape index (κ2) is 10.0. The maximum Gasteiger partial charge on any atom is 0.0505 e. The summed E-state index contributed by atoms with van der Waals surface area (Å²) < 4.78 is 0. The standard InChI is InChI=1S/C26H39N3/c1-6-7-8-9-10-11-12-17-29-25-19-23(27(2)3)15-13-21(25)18-22-14-16-24(28(4)5)20-26(22)29/h13,15-16,18-20H,6-12,14,17H2,1-5H3. The summed E-state index contributed by atoms with van der Waals surface area (Å²) in [7, 11) is 8.52. The minimum absolute atomic E-state index is 1.02. The average Bonchev–Trinajstić information content (AvgIpc) is 2.71. The zero-order chi connectivity index (χ0) is 20.8. The highest BCUT2D eigenvalue weighted by molar-refractivity contribution is 5.83. The number of fused-ring (bicyclic) bond motifs is 2. The van der Waals surface area contributed by atoms with E-state index in [4.69, 9.17) is 0 Å². The summed E-state index contributed by atoms with van der Waals surface area (Å²) in [5.41, 5.74) is 8.14. The molecular formula is C26H39N3. The molecule has 0 radical (unpaired) electrons. The van der Waals surface area contributed by atoms with Crippen molar-refractivity contribution >= 4 is 17.5 Å². The highest BCUT2D eigenvalue weighted by atomic mass is 15.2. The molecule has 1 heterocycles. The Kier molecular flexibility index (Phi) is 7.46. The van der Waals surface area contributed by atoms with Gasteiger partial charge in [-0.25, -0.2) is 0 Å². The molecule has 0 unspecified atom stereocenters. The van der Waals surface area contributed by atoms with Crippen LogP contribution in [-0.2, 0) is 0 Å². The van der Waals surface area contributed by atoms with E-state index in [-0.39, 0.29) is 0 Å². The predicted octanol–water partition coefficient (Wildman–Crippen LogP) is 6.44. The molecule has 3 heteroatoms. The number of hydrogen-bond donors (Lipinski definition) is 0. The normalized spacial score (nSPS) is 15.2. The molecule has 0 spiro atoms. The van der Waals surface area contributed by atoms with E-state index < -0.39 is 0 Å². The van der Waals surface area contributed by atoms with Gasteiger partial charge in [-0.2, -0.15) is 0 Å². The van der Waals surface area contributed by atoms with E-state index in [1.807, 2.05) is 0 Å². The van der Waals surface area contributed by atoms with Crippen LogP contribution < -0.4 is 9.80 Å². The number of unbranched alkanes of at least 4 members (excludes halogenated alkanes) is 6. The Labute approximate surface area is 178 Å². The number of allylic oxidation sites excluding steroid dienone is 3. The molecule has 0 N–H and O–H groups in total. The van der Waals surface area contributed by atoms with Crippen LogP contribution in [0, 0.1) is 0 Å². The maximum atomic E-state index is 2.58. The van der Waals surface area contributed by atoms with Crippen molar-refractivity contribution < 1.29 is 0 Å². The zero-order valence-electron chi connectivity index (χ0n) is 19.2. The van der Waals surface area contributed by atoms with Crippen molar-refractivity contribution in [3.05, 3.63) is 52.9 Å². The Morgan fingerprint density at radius 1 is 0.862 bits per heavy atom. The van der Waals surface area contributed by atoms with Crippen LogP contribution in [0.5, 0.6) is 0 Å². The first-order valence-corrected chi connectivity index (χ1v) is 11.4. The summed E-state index contributed by atoms with van der Waals surface area (Å²) in [6.07, 6.45) is 17.6. The third-order valence-electron chi connectivity index (χ3n) is 6.09. The van der Waals surface area contributed by atoms with Crippen molar-refractivity contribution in [1.82, 2.24) is 4.90 Å². The Bertz CT molecular complexity index is 783. The molecule has 0 fully saturated rings. The molecule has 2 aliphatic rings. The smallest absolute Gasteiger partial charge is 0.0505 e. The van der Waals surface area contributed by atoms with Gasteiger partial charge in [0.25, 0.3) is 0 Å². The highest BCUT2D eigenvalue weighted by Crippen LogP contribution is 2.41. The van der Waals surface area contributed by atoms with E-state index in [9.17, 15) is 0 Å². The molecule has 1 aliphatic carbocycles. The van der Waals surface area contributed by atoms with Crippen molar-refractivity contribution in [2.24, 2.45) is 0 Å². The van der Waals surface area contributed by atoms with Gasteiger partial charge in [-0.1, -0.05) is 57.6 Å². The van der Waals surface area contributed by atoms with Gasteiger partial charge in [0, 0.05) is 51.8 Å². The first-order valence-electron chi connectivity index (χ1n) is 11.4. The highest BCUT2D eigenvalue weighted by Gasteiger charge is 2.25. The third-order valence-corrected chi connectivity index (χ3v) is 6.09. The summed E-state index contributed by atoms with van der Waals surface area (Å²) in [6, 6.07) is 6.89. The number of likely N-dealkylation sites (N-methyl/N-ethyl adjacent to an activating group) is 1.